The Bertz CT molecular complexity index is 1310. The van der Waals surface area contributed by atoms with E-state index in [4.69, 9.17) is 4.74 Å². The fraction of sp³-hybridized carbons (Fsp3) is 0.185. The van der Waals surface area contributed by atoms with Crippen LogP contribution >= 0.6 is 0 Å². The van der Waals surface area contributed by atoms with Crippen molar-refractivity contribution in [2.24, 2.45) is 0 Å². The Morgan fingerprint density at radius 3 is 2.06 bits per heavy atom. The molecule has 0 unspecified atom stereocenters. The third kappa shape index (κ3) is 4.59. The third-order valence-corrected chi connectivity index (χ3v) is 5.71. The smallest absolute Gasteiger partial charge is 0.337 e. The molecule has 0 saturated carbocycles. The van der Waals surface area contributed by atoms with E-state index < -0.39 is 0 Å². The zero-order chi connectivity index (χ0) is 24.1. The van der Waals surface area contributed by atoms with Crippen LogP contribution in [0.5, 0.6) is 0 Å². The van der Waals surface area contributed by atoms with E-state index in [-0.39, 0.29) is 11.9 Å². The van der Waals surface area contributed by atoms with Crippen LogP contribution in [0.1, 0.15) is 34.6 Å². The Morgan fingerprint density at radius 2 is 1.44 bits per heavy atom. The molecule has 0 saturated heterocycles. The van der Waals surface area contributed by atoms with E-state index in [1.165, 1.54) is 7.11 Å². The van der Waals surface area contributed by atoms with Crippen LogP contribution in [0.2, 0.25) is 0 Å². The molecular formula is C27H26N4O3. The van der Waals surface area contributed by atoms with E-state index in [0.717, 1.165) is 27.7 Å². The molecular weight excluding hydrogens is 428 g/mol. The largest absolute Gasteiger partial charge is 0.465 e. The summed E-state index contributed by atoms with van der Waals surface area (Å²) in [5.74, 6) is 0.254. The number of aromatic nitrogens is 2. The average molecular weight is 455 g/mol. The van der Waals surface area contributed by atoms with Gasteiger partial charge in [0.15, 0.2) is 5.82 Å². The molecule has 0 fully saturated rings. The number of anilines is 2. The van der Waals surface area contributed by atoms with Crippen molar-refractivity contribution in [1.82, 2.24) is 15.1 Å². The van der Waals surface area contributed by atoms with Crippen LogP contribution in [-0.4, -0.2) is 47.2 Å². The van der Waals surface area contributed by atoms with Crippen molar-refractivity contribution in [3.8, 4) is 11.3 Å². The molecule has 1 amide bonds. The fourth-order valence-corrected chi connectivity index (χ4v) is 3.82. The molecule has 0 radical (unpaired) electrons. The Labute approximate surface area is 198 Å². The molecule has 0 aliphatic carbocycles. The van der Waals surface area contributed by atoms with E-state index in [1.54, 1.807) is 17.0 Å². The van der Waals surface area contributed by atoms with Crippen LogP contribution in [0.25, 0.3) is 22.0 Å². The number of carbonyl (C=O) groups is 2. The lowest BCUT2D eigenvalue weighted by Gasteiger charge is -2.18. The minimum atomic E-state index is -0.383. The number of hydrogen-bond acceptors (Lipinski definition) is 6. The number of esters is 1. The zero-order valence-corrected chi connectivity index (χ0v) is 19.4. The number of fused-ring (bicyclic) bond motifs is 1. The second-order valence-electron chi connectivity index (χ2n) is 7.69. The first-order valence-electron chi connectivity index (χ1n) is 11.2. The van der Waals surface area contributed by atoms with Gasteiger partial charge in [-0.1, -0.05) is 36.4 Å². The highest BCUT2D eigenvalue weighted by molar-refractivity contribution is 6.01. The number of carbonyl (C=O) groups excluding carboxylic acids is 2. The summed E-state index contributed by atoms with van der Waals surface area (Å²) in [6.07, 6.45) is 0. The molecule has 7 heteroatoms. The standard InChI is InChI=1S/C27H26N4O3/c1-4-31(5-2)26(32)19-14-16-21(17-15-19)28-25-23-9-7-6-8-22(23)24(29-30-25)18-10-12-20(13-11-18)27(33)34-3/h6-17H,4-5H2,1-3H3,(H,28,30). The number of amides is 1. The van der Waals surface area contributed by atoms with Gasteiger partial charge in [0.05, 0.1) is 12.7 Å². The summed E-state index contributed by atoms with van der Waals surface area (Å²) in [6, 6.07) is 22.3. The average Bonchev–Trinajstić information content (AvgIpc) is 2.89. The fourth-order valence-electron chi connectivity index (χ4n) is 3.82. The number of nitrogens with zero attached hydrogens (tertiary/aromatic N) is 3. The number of nitrogens with one attached hydrogen (secondary N) is 1. The number of ether oxygens (including phenoxy) is 1. The monoisotopic (exact) mass is 454 g/mol. The van der Waals surface area contributed by atoms with Gasteiger partial charge in [0.25, 0.3) is 5.91 Å². The van der Waals surface area contributed by atoms with Crippen LogP contribution in [-0.2, 0) is 4.74 Å². The zero-order valence-electron chi connectivity index (χ0n) is 19.4. The van der Waals surface area contributed by atoms with Crippen LogP contribution in [0.3, 0.4) is 0 Å². The van der Waals surface area contributed by atoms with E-state index in [2.05, 4.69) is 15.5 Å². The maximum atomic E-state index is 12.6. The maximum Gasteiger partial charge on any atom is 0.337 e. The number of methoxy groups -OCH3 is 1. The van der Waals surface area contributed by atoms with Crippen molar-refractivity contribution >= 4 is 34.2 Å². The number of rotatable bonds is 7. The van der Waals surface area contributed by atoms with Crippen molar-refractivity contribution < 1.29 is 14.3 Å². The second kappa shape index (κ2) is 10.1. The Balaban J connectivity index is 1.63. The molecule has 1 N–H and O–H groups in total. The lowest BCUT2D eigenvalue weighted by molar-refractivity contribution is 0.0600. The molecule has 172 valence electrons. The van der Waals surface area contributed by atoms with Crippen molar-refractivity contribution in [3.05, 3.63) is 83.9 Å². The highest BCUT2D eigenvalue weighted by Crippen LogP contribution is 2.31. The van der Waals surface area contributed by atoms with Gasteiger partial charge in [0, 0.05) is 40.7 Å². The summed E-state index contributed by atoms with van der Waals surface area (Å²) in [5.41, 5.74) is 3.51. The summed E-state index contributed by atoms with van der Waals surface area (Å²) >= 11 is 0. The van der Waals surface area contributed by atoms with Gasteiger partial charge in [-0.3, -0.25) is 4.79 Å². The Kier molecular flexibility index (Phi) is 6.82. The van der Waals surface area contributed by atoms with Crippen molar-refractivity contribution in [2.75, 3.05) is 25.5 Å². The third-order valence-electron chi connectivity index (χ3n) is 5.71. The summed E-state index contributed by atoms with van der Waals surface area (Å²) < 4.78 is 4.77. The second-order valence-corrected chi connectivity index (χ2v) is 7.69. The van der Waals surface area contributed by atoms with Gasteiger partial charge in [-0.2, -0.15) is 0 Å². The number of benzene rings is 3. The van der Waals surface area contributed by atoms with E-state index in [9.17, 15) is 9.59 Å². The summed E-state index contributed by atoms with van der Waals surface area (Å²) in [7, 11) is 1.36. The van der Waals surface area contributed by atoms with Gasteiger partial charge in [-0.15, -0.1) is 10.2 Å². The molecule has 3 aromatic carbocycles. The van der Waals surface area contributed by atoms with Crippen LogP contribution < -0.4 is 5.32 Å². The van der Waals surface area contributed by atoms with Gasteiger partial charge in [0.1, 0.15) is 5.69 Å². The molecule has 0 bridgehead atoms. The molecule has 0 aliphatic heterocycles. The molecule has 0 spiro atoms. The molecule has 0 aliphatic rings. The van der Waals surface area contributed by atoms with Gasteiger partial charge < -0.3 is 15.0 Å². The normalized spacial score (nSPS) is 10.7. The minimum absolute atomic E-state index is 0.0179. The maximum absolute atomic E-state index is 12.6. The van der Waals surface area contributed by atoms with E-state index >= 15 is 0 Å². The number of hydrogen-bond donors (Lipinski definition) is 1. The summed E-state index contributed by atoms with van der Waals surface area (Å²) in [6.45, 7) is 5.29. The first kappa shape index (κ1) is 22.9. The minimum Gasteiger partial charge on any atom is -0.465 e. The topological polar surface area (TPSA) is 84.4 Å². The van der Waals surface area contributed by atoms with Gasteiger partial charge in [-0.25, -0.2) is 4.79 Å². The quantitative estimate of drug-likeness (QED) is 0.381. The van der Waals surface area contributed by atoms with Crippen LogP contribution in [0, 0.1) is 0 Å². The summed E-state index contributed by atoms with van der Waals surface area (Å²) in [5, 5.41) is 14.1. The van der Waals surface area contributed by atoms with E-state index in [1.807, 2.05) is 74.5 Å². The highest BCUT2D eigenvalue weighted by atomic mass is 16.5. The predicted octanol–water partition coefficient (Wildman–Crippen LogP) is 5.31. The molecule has 1 aromatic heterocycles. The molecule has 0 atom stereocenters. The van der Waals surface area contributed by atoms with Gasteiger partial charge in [0.2, 0.25) is 0 Å². The van der Waals surface area contributed by atoms with Crippen molar-refractivity contribution in [1.29, 1.82) is 0 Å². The predicted molar refractivity (Wildman–Crippen MR) is 133 cm³/mol. The first-order chi connectivity index (χ1) is 16.5. The SMILES string of the molecule is CCN(CC)C(=O)c1ccc(Nc2nnc(-c3ccc(C(=O)OC)cc3)c3ccccc23)cc1. The van der Waals surface area contributed by atoms with Gasteiger partial charge in [-0.05, 0) is 50.2 Å². The Hall–Kier alpha value is -4.26. The highest BCUT2D eigenvalue weighted by Gasteiger charge is 2.14. The van der Waals surface area contributed by atoms with Crippen molar-refractivity contribution in [2.45, 2.75) is 13.8 Å². The Morgan fingerprint density at radius 1 is 0.824 bits per heavy atom. The molecule has 4 aromatic rings. The van der Waals surface area contributed by atoms with Crippen LogP contribution in [0.15, 0.2) is 72.8 Å². The van der Waals surface area contributed by atoms with Crippen LogP contribution in [0.4, 0.5) is 11.5 Å². The lowest BCUT2D eigenvalue weighted by atomic mass is 10.0. The van der Waals surface area contributed by atoms with Gasteiger partial charge >= 0.3 is 5.97 Å². The van der Waals surface area contributed by atoms with E-state index in [0.29, 0.717) is 30.0 Å². The first-order valence-corrected chi connectivity index (χ1v) is 11.2. The molecule has 34 heavy (non-hydrogen) atoms. The lowest BCUT2D eigenvalue weighted by Crippen LogP contribution is -2.30. The van der Waals surface area contributed by atoms with Crippen molar-refractivity contribution in [3.63, 3.8) is 0 Å². The molecule has 4 rings (SSSR count). The molecule has 1 heterocycles. The molecule has 7 nitrogen and oxygen atoms in total. The summed E-state index contributed by atoms with van der Waals surface area (Å²) in [4.78, 5) is 26.1.